The monoisotopic (exact) mass is 381 g/mol. The molecule has 0 aliphatic rings. The van der Waals surface area contributed by atoms with Gasteiger partial charge in [-0.3, -0.25) is 0 Å². The van der Waals surface area contributed by atoms with Crippen LogP contribution in [0.2, 0.25) is 0 Å². The first-order valence-electron chi connectivity index (χ1n) is 7.47. The Morgan fingerprint density at radius 1 is 1.28 bits per heavy atom. The third-order valence-corrected chi connectivity index (χ3v) is 3.56. The number of amides is 1. The number of ether oxygens (including phenoxy) is 1. The zero-order valence-electron chi connectivity index (χ0n) is 14.3. The Kier molecular flexibility index (Phi) is 6.88. The second-order valence-corrected chi connectivity index (χ2v) is 6.75. The lowest BCUT2D eigenvalue weighted by atomic mass is 9.92. The van der Waals surface area contributed by atoms with Crippen LogP contribution in [0.4, 0.5) is 22.4 Å². The highest BCUT2D eigenvalue weighted by Crippen LogP contribution is 2.33. The largest absolute Gasteiger partial charge is 0.444 e. The summed E-state index contributed by atoms with van der Waals surface area (Å²) >= 11 is 5.73. The SMILES string of the molecule is CC(C(=CCl)CNC(=O)OC(C)(C)C)c1cc(F)cc(C(F)(F)F)c1. The number of halogens is 5. The molecule has 1 rings (SSSR count). The number of hydrogen-bond acceptors (Lipinski definition) is 2. The summed E-state index contributed by atoms with van der Waals surface area (Å²) < 4.78 is 57.1. The second kappa shape index (κ2) is 8.08. The molecule has 1 unspecified atom stereocenters. The molecule has 0 bridgehead atoms. The lowest BCUT2D eigenvalue weighted by molar-refractivity contribution is -0.137. The van der Waals surface area contributed by atoms with Gasteiger partial charge in [-0.15, -0.1) is 0 Å². The van der Waals surface area contributed by atoms with Crippen LogP contribution in [0.3, 0.4) is 0 Å². The first kappa shape index (κ1) is 21.3. The number of carbonyl (C=O) groups is 1. The number of benzene rings is 1. The highest BCUT2D eigenvalue weighted by atomic mass is 35.5. The molecule has 0 radical (unpaired) electrons. The molecular weight excluding hydrogens is 362 g/mol. The summed E-state index contributed by atoms with van der Waals surface area (Å²) in [5, 5.41) is 2.47. The highest BCUT2D eigenvalue weighted by molar-refractivity contribution is 6.25. The van der Waals surface area contributed by atoms with Gasteiger partial charge < -0.3 is 10.1 Å². The molecule has 0 fully saturated rings. The van der Waals surface area contributed by atoms with E-state index in [9.17, 15) is 22.4 Å². The Morgan fingerprint density at radius 3 is 2.36 bits per heavy atom. The summed E-state index contributed by atoms with van der Waals surface area (Å²) in [4.78, 5) is 11.7. The molecule has 25 heavy (non-hydrogen) atoms. The second-order valence-electron chi connectivity index (χ2n) is 6.53. The van der Waals surface area contributed by atoms with E-state index < -0.39 is 35.2 Å². The van der Waals surface area contributed by atoms with E-state index in [1.807, 2.05) is 0 Å². The minimum atomic E-state index is -4.66. The lowest BCUT2D eigenvalue weighted by Crippen LogP contribution is -2.34. The Labute approximate surface area is 149 Å². The van der Waals surface area contributed by atoms with Crippen LogP contribution in [0, 0.1) is 5.82 Å². The van der Waals surface area contributed by atoms with Gasteiger partial charge in [0.05, 0.1) is 5.56 Å². The average Bonchev–Trinajstić information content (AvgIpc) is 2.44. The van der Waals surface area contributed by atoms with Gasteiger partial charge >= 0.3 is 12.3 Å². The first-order chi connectivity index (χ1) is 11.3. The van der Waals surface area contributed by atoms with Crippen molar-refractivity contribution in [2.24, 2.45) is 0 Å². The lowest BCUT2D eigenvalue weighted by Gasteiger charge is -2.21. The number of rotatable bonds is 4. The average molecular weight is 382 g/mol. The van der Waals surface area contributed by atoms with Crippen LogP contribution in [0.5, 0.6) is 0 Å². The summed E-state index contributed by atoms with van der Waals surface area (Å²) in [5.74, 6) is -1.63. The van der Waals surface area contributed by atoms with E-state index in [0.717, 1.165) is 17.7 Å². The van der Waals surface area contributed by atoms with Crippen LogP contribution in [0.15, 0.2) is 29.3 Å². The van der Waals surface area contributed by atoms with E-state index in [4.69, 9.17) is 16.3 Å². The molecule has 0 saturated carbocycles. The van der Waals surface area contributed by atoms with E-state index in [-0.39, 0.29) is 12.1 Å². The fourth-order valence-corrected chi connectivity index (χ4v) is 2.28. The minimum Gasteiger partial charge on any atom is -0.444 e. The van der Waals surface area contributed by atoms with Crippen molar-refractivity contribution in [3.8, 4) is 0 Å². The van der Waals surface area contributed by atoms with Crippen LogP contribution in [-0.4, -0.2) is 18.2 Å². The Morgan fingerprint density at radius 2 is 1.88 bits per heavy atom. The molecule has 0 aliphatic heterocycles. The maximum absolute atomic E-state index is 13.5. The zero-order valence-corrected chi connectivity index (χ0v) is 15.1. The molecular formula is C17H20ClF4NO2. The van der Waals surface area contributed by atoms with Gasteiger partial charge in [0.1, 0.15) is 11.4 Å². The predicted octanol–water partition coefficient (Wildman–Crippen LogP) is 5.60. The number of carbonyl (C=O) groups excluding carboxylic acids is 1. The van der Waals surface area contributed by atoms with Crippen LogP contribution in [-0.2, 0) is 10.9 Å². The summed E-state index contributed by atoms with van der Waals surface area (Å²) in [7, 11) is 0. The van der Waals surface area contributed by atoms with E-state index in [1.54, 1.807) is 27.7 Å². The number of nitrogens with one attached hydrogen (secondary N) is 1. The maximum atomic E-state index is 13.5. The van der Waals surface area contributed by atoms with Crippen molar-refractivity contribution in [1.29, 1.82) is 0 Å². The van der Waals surface area contributed by atoms with Crippen LogP contribution in [0.25, 0.3) is 0 Å². The summed E-state index contributed by atoms with van der Waals surface area (Å²) in [6, 6.07) is 2.30. The molecule has 0 heterocycles. The van der Waals surface area contributed by atoms with Gasteiger partial charge in [-0.2, -0.15) is 13.2 Å². The quantitative estimate of drug-likeness (QED) is 0.690. The van der Waals surface area contributed by atoms with E-state index in [0.29, 0.717) is 11.6 Å². The molecule has 1 aromatic carbocycles. The van der Waals surface area contributed by atoms with Crippen molar-refractivity contribution in [2.45, 2.75) is 45.4 Å². The standard InChI is InChI=1S/C17H20ClF4NO2/c1-10(11-5-13(17(20,21)22)7-14(19)6-11)12(8-18)9-23-15(24)25-16(2,3)4/h5-8,10H,9H2,1-4H3,(H,23,24). The summed E-state index contributed by atoms with van der Waals surface area (Å²) in [6.45, 7) is 6.61. The van der Waals surface area contributed by atoms with Gasteiger partial charge in [-0.1, -0.05) is 18.5 Å². The Balaban J connectivity index is 2.91. The van der Waals surface area contributed by atoms with Crippen molar-refractivity contribution in [2.75, 3.05) is 6.54 Å². The zero-order chi connectivity index (χ0) is 19.4. The van der Waals surface area contributed by atoms with E-state index in [2.05, 4.69) is 5.32 Å². The Bertz CT molecular complexity index is 651. The fourth-order valence-electron chi connectivity index (χ4n) is 2.01. The Hall–Kier alpha value is -1.76. The van der Waals surface area contributed by atoms with Crippen molar-refractivity contribution in [1.82, 2.24) is 5.32 Å². The molecule has 1 atom stereocenters. The van der Waals surface area contributed by atoms with Crippen molar-refractivity contribution in [3.63, 3.8) is 0 Å². The highest BCUT2D eigenvalue weighted by Gasteiger charge is 2.32. The normalized spacial score (nSPS) is 14.2. The van der Waals surface area contributed by atoms with Gasteiger partial charge in [-0.05, 0) is 50.1 Å². The summed E-state index contributed by atoms with van der Waals surface area (Å²) in [6.07, 6.45) is -5.35. The third kappa shape index (κ3) is 6.94. The maximum Gasteiger partial charge on any atom is 0.416 e. The van der Waals surface area contributed by atoms with Crippen LogP contribution < -0.4 is 5.32 Å². The molecule has 0 aliphatic carbocycles. The van der Waals surface area contributed by atoms with Gasteiger partial charge in [-0.25, -0.2) is 9.18 Å². The van der Waals surface area contributed by atoms with Crippen molar-refractivity contribution >= 4 is 17.7 Å². The fraction of sp³-hybridized carbons (Fsp3) is 0.471. The molecule has 1 amide bonds. The smallest absolute Gasteiger partial charge is 0.416 e. The predicted molar refractivity (Wildman–Crippen MR) is 88.0 cm³/mol. The van der Waals surface area contributed by atoms with Gasteiger partial charge in [0.25, 0.3) is 0 Å². The van der Waals surface area contributed by atoms with Crippen molar-refractivity contribution in [3.05, 3.63) is 46.3 Å². The first-order valence-corrected chi connectivity index (χ1v) is 7.91. The molecule has 0 aromatic heterocycles. The van der Waals surface area contributed by atoms with Gasteiger partial charge in [0, 0.05) is 18.0 Å². The molecule has 8 heteroatoms. The number of hydrogen-bond donors (Lipinski definition) is 1. The van der Waals surface area contributed by atoms with Crippen LogP contribution >= 0.6 is 11.6 Å². The molecule has 0 saturated heterocycles. The number of alkyl halides is 3. The molecule has 0 spiro atoms. The van der Waals surface area contributed by atoms with Crippen LogP contribution in [0.1, 0.15) is 44.7 Å². The third-order valence-electron chi connectivity index (χ3n) is 3.28. The molecule has 140 valence electrons. The topological polar surface area (TPSA) is 38.3 Å². The molecule has 1 aromatic rings. The van der Waals surface area contributed by atoms with Gasteiger partial charge in [0.15, 0.2) is 0 Å². The molecule has 3 nitrogen and oxygen atoms in total. The summed E-state index contributed by atoms with van der Waals surface area (Å²) in [5.41, 5.74) is -0.106. The van der Waals surface area contributed by atoms with Gasteiger partial charge in [0.2, 0.25) is 0 Å². The number of alkyl carbamates (subject to hydrolysis) is 1. The van der Waals surface area contributed by atoms with E-state index >= 15 is 0 Å². The van der Waals surface area contributed by atoms with Crippen molar-refractivity contribution < 1.29 is 27.1 Å². The van der Waals surface area contributed by atoms with E-state index in [1.165, 1.54) is 0 Å². The minimum absolute atomic E-state index is 0.0442. The molecule has 1 N–H and O–H groups in total.